The van der Waals surface area contributed by atoms with E-state index in [9.17, 15) is 14.7 Å². The van der Waals surface area contributed by atoms with Gasteiger partial charge in [0.05, 0.1) is 11.3 Å². The molecule has 4 rings (SSSR count). The average Bonchev–Trinajstić information content (AvgIpc) is 3.01. The predicted octanol–water partition coefficient (Wildman–Crippen LogP) is 5.09. The number of pyridine rings is 1. The van der Waals surface area contributed by atoms with E-state index in [-0.39, 0.29) is 11.3 Å². The van der Waals surface area contributed by atoms with Gasteiger partial charge < -0.3 is 5.11 Å². The Morgan fingerprint density at radius 1 is 1.00 bits per heavy atom. The SMILES string of the molecule is Cc1cc(/C(O)=C2/C(=O)C(=O)N(c3ccccc3C)C2c2ccccn2)ccc1Br. The number of rotatable bonds is 3. The zero-order valence-electron chi connectivity index (χ0n) is 16.5. The lowest BCUT2D eigenvalue weighted by Crippen LogP contribution is -2.30. The Morgan fingerprint density at radius 3 is 2.40 bits per heavy atom. The lowest BCUT2D eigenvalue weighted by Gasteiger charge is -2.26. The molecule has 1 aliphatic rings. The average molecular weight is 463 g/mol. The second-order valence-corrected chi connectivity index (χ2v) is 8.03. The first kappa shape index (κ1) is 20.0. The second kappa shape index (κ2) is 7.88. The number of aliphatic hydroxyl groups excluding tert-OH is 1. The van der Waals surface area contributed by atoms with E-state index in [2.05, 4.69) is 20.9 Å². The lowest BCUT2D eigenvalue weighted by molar-refractivity contribution is -0.132. The minimum absolute atomic E-state index is 0.0312. The zero-order chi connectivity index (χ0) is 21.4. The van der Waals surface area contributed by atoms with E-state index in [1.807, 2.05) is 32.0 Å². The van der Waals surface area contributed by atoms with Crippen molar-refractivity contribution < 1.29 is 14.7 Å². The van der Waals surface area contributed by atoms with Gasteiger partial charge in [-0.25, -0.2) is 0 Å². The zero-order valence-corrected chi connectivity index (χ0v) is 18.1. The summed E-state index contributed by atoms with van der Waals surface area (Å²) in [7, 11) is 0. The number of para-hydroxylation sites is 1. The predicted molar refractivity (Wildman–Crippen MR) is 119 cm³/mol. The summed E-state index contributed by atoms with van der Waals surface area (Å²) in [6.45, 7) is 3.77. The third-order valence-corrected chi connectivity index (χ3v) is 6.11. The van der Waals surface area contributed by atoms with Gasteiger partial charge in [-0.05, 0) is 55.3 Å². The van der Waals surface area contributed by atoms with Gasteiger partial charge in [-0.1, -0.05) is 46.3 Å². The van der Waals surface area contributed by atoms with Crippen molar-refractivity contribution in [3.05, 3.63) is 99.3 Å². The molecule has 150 valence electrons. The van der Waals surface area contributed by atoms with Crippen LogP contribution in [0.3, 0.4) is 0 Å². The van der Waals surface area contributed by atoms with Crippen molar-refractivity contribution in [2.45, 2.75) is 19.9 Å². The molecule has 1 aliphatic heterocycles. The summed E-state index contributed by atoms with van der Waals surface area (Å²) in [5.41, 5.74) is 3.38. The number of hydrogen-bond acceptors (Lipinski definition) is 4. The highest BCUT2D eigenvalue weighted by molar-refractivity contribution is 9.10. The van der Waals surface area contributed by atoms with E-state index in [0.29, 0.717) is 16.9 Å². The van der Waals surface area contributed by atoms with E-state index >= 15 is 0 Å². The quantitative estimate of drug-likeness (QED) is 0.334. The summed E-state index contributed by atoms with van der Waals surface area (Å²) in [6, 6.07) is 17.1. The third-order valence-electron chi connectivity index (χ3n) is 5.22. The van der Waals surface area contributed by atoms with Gasteiger partial charge in [0.15, 0.2) is 0 Å². The number of aromatic nitrogens is 1. The minimum Gasteiger partial charge on any atom is -0.507 e. The number of benzene rings is 2. The molecule has 1 N–H and O–H groups in total. The van der Waals surface area contributed by atoms with Crippen LogP contribution in [0.25, 0.3) is 5.76 Å². The second-order valence-electron chi connectivity index (χ2n) is 7.17. The topological polar surface area (TPSA) is 70.5 Å². The summed E-state index contributed by atoms with van der Waals surface area (Å²) in [6.07, 6.45) is 1.61. The van der Waals surface area contributed by atoms with E-state index in [1.54, 1.807) is 48.7 Å². The van der Waals surface area contributed by atoms with E-state index < -0.39 is 17.7 Å². The molecule has 1 saturated heterocycles. The molecule has 1 fully saturated rings. The molecule has 6 heteroatoms. The molecule has 1 amide bonds. The number of amides is 1. The maximum absolute atomic E-state index is 13.1. The number of nitrogens with zero attached hydrogens (tertiary/aromatic N) is 2. The molecule has 2 heterocycles. The number of aryl methyl sites for hydroxylation is 2. The fraction of sp³-hybridized carbons (Fsp3) is 0.125. The Bertz CT molecular complexity index is 1190. The normalized spacial score (nSPS) is 18.1. The summed E-state index contributed by atoms with van der Waals surface area (Å²) in [5.74, 6) is -1.63. The molecule has 0 spiro atoms. The molecule has 0 bridgehead atoms. The van der Waals surface area contributed by atoms with E-state index in [4.69, 9.17) is 0 Å². The fourth-order valence-electron chi connectivity index (χ4n) is 3.68. The lowest BCUT2D eigenvalue weighted by atomic mass is 9.97. The van der Waals surface area contributed by atoms with Crippen LogP contribution in [0.1, 0.15) is 28.4 Å². The number of anilines is 1. The molecule has 1 atom stereocenters. The van der Waals surface area contributed by atoms with Crippen LogP contribution >= 0.6 is 15.9 Å². The molecule has 5 nitrogen and oxygen atoms in total. The van der Waals surface area contributed by atoms with Crippen molar-refractivity contribution >= 4 is 39.1 Å². The standard InChI is InChI=1S/C24H19BrN2O3/c1-14-7-3-4-9-19(14)27-21(18-8-5-6-12-26-18)20(23(29)24(27)30)22(28)16-10-11-17(25)15(2)13-16/h3-13,21,28H,1-2H3/b22-20-. The van der Waals surface area contributed by atoms with Crippen LogP contribution in [-0.2, 0) is 9.59 Å². The van der Waals surface area contributed by atoms with Crippen molar-refractivity contribution in [2.75, 3.05) is 4.90 Å². The van der Waals surface area contributed by atoms with Gasteiger partial charge in [0.25, 0.3) is 11.7 Å². The molecule has 30 heavy (non-hydrogen) atoms. The highest BCUT2D eigenvalue weighted by Crippen LogP contribution is 2.42. The van der Waals surface area contributed by atoms with Crippen molar-refractivity contribution in [1.82, 2.24) is 4.98 Å². The smallest absolute Gasteiger partial charge is 0.300 e. The monoisotopic (exact) mass is 462 g/mol. The van der Waals surface area contributed by atoms with Crippen molar-refractivity contribution in [2.24, 2.45) is 0 Å². The Balaban J connectivity index is 1.97. The third kappa shape index (κ3) is 3.33. The van der Waals surface area contributed by atoms with Gasteiger partial charge in [0, 0.05) is 21.9 Å². The van der Waals surface area contributed by atoms with Crippen molar-refractivity contribution in [1.29, 1.82) is 0 Å². The first-order valence-electron chi connectivity index (χ1n) is 9.44. The molecule has 0 aliphatic carbocycles. The Labute approximate surface area is 182 Å². The van der Waals surface area contributed by atoms with Crippen LogP contribution in [0.2, 0.25) is 0 Å². The highest BCUT2D eigenvalue weighted by Gasteiger charge is 2.47. The molecule has 0 saturated carbocycles. The summed E-state index contributed by atoms with van der Waals surface area (Å²) >= 11 is 3.44. The summed E-state index contributed by atoms with van der Waals surface area (Å²) in [4.78, 5) is 32.0. The van der Waals surface area contributed by atoms with Gasteiger partial charge >= 0.3 is 0 Å². The van der Waals surface area contributed by atoms with Crippen LogP contribution in [-0.4, -0.2) is 21.8 Å². The van der Waals surface area contributed by atoms with Crippen LogP contribution in [0.5, 0.6) is 0 Å². The minimum atomic E-state index is -0.823. The van der Waals surface area contributed by atoms with E-state index in [1.165, 1.54) is 4.90 Å². The van der Waals surface area contributed by atoms with E-state index in [0.717, 1.165) is 15.6 Å². The number of carbonyl (C=O) groups is 2. The fourth-order valence-corrected chi connectivity index (χ4v) is 3.93. The number of ketones is 1. The first-order valence-corrected chi connectivity index (χ1v) is 10.2. The van der Waals surface area contributed by atoms with Crippen molar-refractivity contribution in [3.63, 3.8) is 0 Å². The van der Waals surface area contributed by atoms with Crippen LogP contribution in [0.15, 0.2) is 76.9 Å². The van der Waals surface area contributed by atoms with Gasteiger partial charge in [-0.15, -0.1) is 0 Å². The molecule has 1 aromatic heterocycles. The van der Waals surface area contributed by atoms with Gasteiger partial charge in [-0.2, -0.15) is 0 Å². The van der Waals surface area contributed by atoms with Crippen LogP contribution in [0, 0.1) is 13.8 Å². The van der Waals surface area contributed by atoms with Gasteiger partial charge in [-0.3, -0.25) is 19.5 Å². The van der Waals surface area contributed by atoms with Gasteiger partial charge in [0.2, 0.25) is 0 Å². The molecular formula is C24H19BrN2O3. The number of carbonyl (C=O) groups excluding carboxylic acids is 2. The molecular weight excluding hydrogens is 444 g/mol. The number of Topliss-reactive ketones (excluding diaryl/α,β-unsaturated/α-hetero) is 1. The highest BCUT2D eigenvalue weighted by atomic mass is 79.9. The maximum atomic E-state index is 13.1. The summed E-state index contributed by atoms with van der Waals surface area (Å²) < 4.78 is 0.890. The van der Waals surface area contributed by atoms with Crippen LogP contribution < -0.4 is 4.90 Å². The molecule has 0 radical (unpaired) electrons. The first-order chi connectivity index (χ1) is 14.4. The Hall–Kier alpha value is -3.25. The number of halogens is 1. The number of aliphatic hydroxyl groups is 1. The van der Waals surface area contributed by atoms with Gasteiger partial charge in [0.1, 0.15) is 11.8 Å². The molecule has 1 unspecified atom stereocenters. The Kier molecular flexibility index (Phi) is 5.26. The summed E-state index contributed by atoms with van der Waals surface area (Å²) in [5, 5.41) is 11.1. The number of hydrogen-bond donors (Lipinski definition) is 1. The maximum Gasteiger partial charge on any atom is 0.300 e. The Morgan fingerprint density at radius 2 is 1.73 bits per heavy atom. The largest absolute Gasteiger partial charge is 0.507 e. The molecule has 2 aromatic carbocycles. The van der Waals surface area contributed by atoms with Crippen LogP contribution in [0.4, 0.5) is 5.69 Å². The molecule has 3 aromatic rings. The van der Waals surface area contributed by atoms with Crippen molar-refractivity contribution in [3.8, 4) is 0 Å².